The summed E-state index contributed by atoms with van der Waals surface area (Å²) in [4.78, 5) is 37.0. The fraction of sp³-hybridized carbons (Fsp3) is 0.647. The first-order valence-electron chi connectivity index (χ1n) is 8.63. The summed E-state index contributed by atoms with van der Waals surface area (Å²) >= 11 is 0. The summed E-state index contributed by atoms with van der Waals surface area (Å²) in [7, 11) is 0. The van der Waals surface area contributed by atoms with Gasteiger partial charge in [0.05, 0.1) is 24.8 Å². The maximum atomic E-state index is 12.6. The maximum absolute atomic E-state index is 12.6. The Morgan fingerprint density at radius 2 is 2.00 bits per heavy atom. The van der Waals surface area contributed by atoms with Crippen LogP contribution in [0.1, 0.15) is 25.0 Å². The van der Waals surface area contributed by atoms with Gasteiger partial charge in [-0.15, -0.1) is 0 Å². The molecule has 2 saturated heterocycles. The third-order valence-electron chi connectivity index (χ3n) is 4.66. The summed E-state index contributed by atoms with van der Waals surface area (Å²) in [5.74, 6) is 0.196. The molecular formula is C17H24N4O3. The van der Waals surface area contributed by atoms with E-state index in [0.29, 0.717) is 45.7 Å². The summed E-state index contributed by atoms with van der Waals surface area (Å²) in [6.45, 7) is 3.83. The number of carbonyl (C=O) groups excluding carboxylic acids is 2. The van der Waals surface area contributed by atoms with Gasteiger partial charge in [0, 0.05) is 51.2 Å². The average molecular weight is 332 g/mol. The highest BCUT2D eigenvalue weighted by atomic mass is 16.5. The minimum absolute atomic E-state index is 0.0719. The quantitative estimate of drug-likeness (QED) is 0.803. The molecule has 0 spiro atoms. The third kappa shape index (κ3) is 4.29. The van der Waals surface area contributed by atoms with Crippen LogP contribution in [0.25, 0.3) is 0 Å². The average Bonchev–Trinajstić information content (AvgIpc) is 2.67. The smallest absolute Gasteiger partial charge is 0.227 e. The van der Waals surface area contributed by atoms with Gasteiger partial charge in [-0.1, -0.05) is 0 Å². The highest BCUT2D eigenvalue weighted by Crippen LogP contribution is 2.20. The SMILES string of the molecule is O=C(CCc1cnccn1)N1CCC[C@H](C(=O)N2CCOCC2)C1. The van der Waals surface area contributed by atoms with Crippen molar-refractivity contribution >= 4 is 11.8 Å². The highest BCUT2D eigenvalue weighted by Gasteiger charge is 2.31. The number of hydrogen-bond donors (Lipinski definition) is 0. The van der Waals surface area contributed by atoms with E-state index in [0.717, 1.165) is 25.1 Å². The first-order valence-corrected chi connectivity index (χ1v) is 8.63. The molecule has 1 aromatic rings. The van der Waals surface area contributed by atoms with Gasteiger partial charge in [-0.2, -0.15) is 0 Å². The first kappa shape index (κ1) is 16.8. The number of amides is 2. The van der Waals surface area contributed by atoms with E-state index in [1.165, 1.54) is 0 Å². The van der Waals surface area contributed by atoms with Crippen LogP contribution in [0.4, 0.5) is 0 Å². The lowest BCUT2D eigenvalue weighted by Crippen LogP contribution is -2.49. The van der Waals surface area contributed by atoms with Crippen LogP contribution in [0.15, 0.2) is 18.6 Å². The molecular weight excluding hydrogens is 308 g/mol. The second-order valence-corrected chi connectivity index (χ2v) is 6.31. The van der Waals surface area contributed by atoms with Crippen molar-refractivity contribution in [2.45, 2.75) is 25.7 Å². The van der Waals surface area contributed by atoms with Crippen molar-refractivity contribution < 1.29 is 14.3 Å². The van der Waals surface area contributed by atoms with Crippen molar-refractivity contribution in [2.75, 3.05) is 39.4 Å². The Hall–Kier alpha value is -2.02. The molecule has 0 radical (unpaired) electrons. The Labute approximate surface area is 142 Å². The van der Waals surface area contributed by atoms with Crippen LogP contribution in [0.5, 0.6) is 0 Å². The Kier molecular flexibility index (Phi) is 5.74. The molecule has 0 saturated carbocycles. The van der Waals surface area contributed by atoms with E-state index >= 15 is 0 Å². The molecule has 2 aliphatic rings. The number of ether oxygens (including phenoxy) is 1. The molecule has 0 aromatic carbocycles. The molecule has 0 aliphatic carbocycles. The number of piperidine rings is 1. The van der Waals surface area contributed by atoms with Crippen LogP contribution in [0.2, 0.25) is 0 Å². The second kappa shape index (κ2) is 8.19. The molecule has 7 nitrogen and oxygen atoms in total. The third-order valence-corrected chi connectivity index (χ3v) is 4.66. The molecule has 0 N–H and O–H groups in total. The van der Waals surface area contributed by atoms with Gasteiger partial charge in [-0.05, 0) is 19.3 Å². The van der Waals surface area contributed by atoms with Crippen molar-refractivity contribution in [3.8, 4) is 0 Å². The van der Waals surface area contributed by atoms with E-state index in [2.05, 4.69) is 9.97 Å². The molecule has 130 valence electrons. The minimum atomic E-state index is -0.0719. The van der Waals surface area contributed by atoms with Gasteiger partial charge in [0.15, 0.2) is 0 Å². The first-order chi connectivity index (χ1) is 11.7. The van der Waals surface area contributed by atoms with Gasteiger partial charge in [0.1, 0.15) is 0 Å². The van der Waals surface area contributed by atoms with E-state index in [1.54, 1.807) is 18.6 Å². The van der Waals surface area contributed by atoms with E-state index < -0.39 is 0 Å². The predicted octanol–water partition coefficient (Wildman–Crippen LogP) is 0.507. The zero-order valence-electron chi connectivity index (χ0n) is 13.9. The molecule has 1 atom stereocenters. The van der Waals surface area contributed by atoms with Crippen molar-refractivity contribution in [3.05, 3.63) is 24.3 Å². The van der Waals surface area contributed by atoms with Crippen LogP contribution in [-0.4, -0.2) is 71.0 Å². The summed E-state index contributed by atoms with van der Waals surface area (Å²) < 4.78 is 5.30. The standard InChI is InChI=1S/C17H24N4O3/c22-16(4-3-15-12-18-5-6-19-15)21-7-1-2-14(13-21)17(23)20-8-10-24-11-9-20/h5-6,12,14H,1-4,7-11,13H2/t14-/m0/s1. The summed E-state index contributed by atoms with van der Waals surface area (Å²) in [6, 6.07) is 0. The van der Waals surface area contributed by atoms with Gasteiger partial charge >= 0.3 is 0 Å². The number of nitrogens with zero attached hydrogens (tertiary/aromatic N) is 4. The van der Waals surface area contributed by atoms with E-state index in [1.807, 2.05) is 9.80 Å². The molecule has 3 rings (SSSR count). The van der Waals surface area contributed by atoms with Gasteiger partial charge in [-0.3, -0.25) is 19.6 Å². The monoisotopic (exact) mass is 332 g/mol. The van der Waals surface area contributed by atoms with Crippen LogP contribution in [-0.2, 0) is 20.7 Å². The molecule has 24 heavy (non-hydrogen) atoms. The van der Waals surface area contributed by atoms with Gasteiger partial charge in [0.2, 0.25) is 11.8 Å². The van der Waals surface area contributed by atoms with Crippen molar-refractivity contribution in [1.29, 1.82) is 0 Å². The van der Waals surface area contributed by atoms with Crippen LogP contribution in [0, 0.1) is 5.92 Å². The lowest BCUT2D eigenvalue weighted by Gasteiger charge is -2.36. The summed E-state index contributed by atoms with van der Waals surface area (Å²) in [5.41, 5.74) is 0.823. The van der Waals surface area contributed by atoms with Crippen LogP contribution in [0.3, 0.4) is 0 Å². The molecule has 2 fully saturated rings. The maximum Gasteiger partial charge on any atom is 0.227 e. The van der Waals surface area contributed by atoms with E-state index in [-0.39, 0.29) is 17.7 Å². The fourth-order valence-electron chi connectivity index (χ4n) is 3.30. The summed E-state index contributed by atoms with van der Waals surface area (Å²) in [6.07, 6.45) is 7.70. The van der Waals surface area contributed by atoms with Gasteiger partial charge < -0.3 is 14.5 Å². The highest BCUT2D eigenvalue weighted by molar-refractivity contribution is 5.81. The summed E-state index contributed by atoms with van der Waals surface area (Å²) in [5, 5.41) is 0. The van der Waals surface area contributed by atoms with E-state index in [4.69, 9.17) is 4.74 Å². The Morgan fingerprint density at radius 1 is 1.17 bits per heavy atom. The second-order valence-electron chi connectivity index (χ2n) is 6.31. The number of hydrogen-bond acceptors (Lipinski definition) is 5. The number of aryl methyl sites for hydroxylation is 1. The fourth-order valence-corrected chi connectivity index (χ4v) is 3.30. The van der Waals surface area contributed by atoms with Crippen LogP contribution >= 0.6 is 0 Å². The Bertz CT molecular complexity index is 560. The number of carbonyl (C=O) groups is 2. The largest absolute Gasteiger partial charge is 0.378 e. The minimum Gasteiger partial charge on any atom is -0.378 e. The molecule has 2 amide bonds. The lowest BCUT2D eigenvalue weighted by atomic mass is 9.96. The normalized spacial score (nSPS) is 21.6. The zero-order chi connectivity index (χ0) is 16.8. The Morgan fingerprint density at radius 3 is 2.75 bits per heavy atom. The molecule has 3 heterocycles. The van der Waals surface area contributed by atoms with Gasteiger partial charge in [0.25, 0.3) is 0 Å². The lowest BCUT2D eigenvalue weighted by molar-refractivity contribution is -0.144. The van der Waals surface area contributed by atoms with Crippen LogP contribution < -0.4 is 0 Å². The number of rotatable bonds is 4. The molecule has 1 aromatic heterocycles. The topological polar surface area (TPSA) is 75.6 Å². The van der Waals surface area contributed by atoms with E-state index in [9.17, 15) is 9.59 Å². The molecule has 0 bridgehead atoms. The number of morpholine rings is 1. The predicted molar refractivity (Wildman–Crippen MR) is 87.1 cm³/mol. The Balaban J connectivity index is 1.50. The van der Waals surface area contributed by atoms with Crippen molar-refractivity contribution in [3.63, 3.8) is 0 Å². The molecule has 7 heteroatoms. The van der Waals surface area contributed by atoms with Crippen molar-refractivity contribution in [1.82, 2.24) is 19.8 Å². The molecule has 0 unspecified atom stereocenters. The van der Waals surface area contributed by atoms with Crippen molar-refractivity contribution in [2.24, 2.45) is 5.92 Å². The number of likely N-dealkylation sites (tertiary alicyclic amines) is 1. The zero-order valence-corrected chi connectivity index (χ0v) is 13.9. The van der Waals surface area contributed by atoms with Gasteiger partial charge in [-0.25, -0.2) is 0 Å². The number of aromatic nitrogens is 2. The molecule has 2 aliphatic heterocycles.